The minimum Gasteiger partial charge on any atom is -0.489 e. The van der Waals surface area contributed by atoms with Crippen LogP contribution in [0.25, 0.3) is 11.1 Å². The molecule has 4 nitrogen and oxygen atoms in total. The quantitative estimate of drug-likeness (QED) is 0.349. The number of allylic oxidation sites excluding steroid dienone is 1. The van der Waals surface area contributed by atoms with E-state index in [1.165, 1.54) is 5.57 Å². The van der Waals surface area contributed by atoms with Crippen molar-refractivity contribution >= 4 is 11.1 Å². The lowest BCUT2D eigenvalue weighted by Gasteiger charge is -2.18. The monoisotopic (exact) mass is 490 g/mol. The fourth-order valence-electron chi connectivity index (χ4n) is 5.42. The van der Waals surface area contributed by atoms with Gasteiger partial charge in [-0.15, -0.1) is 0 Å². The normalized spacial score (nSPS) is 18.1. The minimum absolute atomic E-state index is 0.126. The van der Waals surface area contributed by atoms with Crippen LogP contribution in [0.15, 0.2) is 60.9 Å². The Hall–Kier alpha value is -3.25. The number of fused-ring (bicyclic) bond motifs is 1. The third kappa shape index (κ3) is 5.44. The lowest BCUT2D eigenvalue weighted by molar-refractivity contribution is -0.00629. The lowest BCUT2D eigenvalue weighted by Crippen LogP contribution is -2.26. The van der Waals surface area contributed by atoms with Crippen molar-refractivity contribution in [2.45, 2.75) is 45.1 Å². The van der Waals surface area contributed by atoms with E-state index in [1.54, 1.807) is 12.1 Å². The molecule has 188 valence electrons. The summed E-state index contributed by atoms with van der Waals surface area (Å²) >= 11 is 0. The second kappa shape index (κ2) is 11.2. The number of benzene rings is 2. The van der Waals surface area contributed by atoms with Crippen LogP contribution in [0.2, 0.25) is 0 Å². The molecule has 0 radical (unpaired) electrons. The number of ether oxygens (including phenoxy) is 1. The van der Waals surface area contributed by atoms with E-state index in [-0.39, 0.29) is 18.5 Å². The van der Waals surface area contributed by atoms with Crippen molar-refractivity contribution in [2.75, 3.05) is 26.3 Å². The summed E-state index contributed by atoms with van der Waals surface area (Å²) in [5, 5.41) is 0. The lowest BCUT2D eigenvalue weighted by atomic mass is 9.88. The molecule has 1 atom stereocenters. The zero-order chi connectivity index (χ0) is 24.9. The van der Waals surface area contributed by atoms with Gasteiger partial charge in [-0.2, -0.15) is 0 Å². The van der Waals surface area contributed by atoms with Gasteiger partial charge in [0.1, 0.15) is 11.9 Å². The van der Waals surface area contributed by atoms with Crippen LogP contribution in [-0.4, -0.2) is 42.3 Å². The third-order valence-corrected chi connectivity index (χ3v) is 7.12. The highest BCUT2D eigenvalue weighted by molar-refractivity contribution is 6.00. The van der Waals surface area contributed by atoms with Crippen molar-refractivity contribution in [3.8, 4) is 11.5 Å². The number of hydrogen-bond acceptors (Lipinski definition) is 4. The van der Waals surface area contributed by atoms with Gasteiger partial charge in [-0.1, -0.05) is 18.2 Å². The summed E-state index contributed by atoms with van der Waals surface area (Å²) in [5.41, 5.74) is 7.88. The molecular formula is C30H32F2N2O2. The average Bonchev–Trinajstić information content (AvgIpc) is 3.25. The van der Waals surface area contributed by atoms with Crippen molar-refractivity contribution in [3.63, 3.8) is 0 Å². The summed E-state index contributed by atoms with van der Waals surface area (Å²) in [4.78, 5) is 10.7. The summed E-state index contributed by atoms with van der Waals surface area (Å²) in [7, 11) is 0. The van der Waals surface area contributed by atoms with E-state index in [9.17, 15) is 8.92 Å². The Labute approximate surface area is 211 Å². The van der Waals surface area contributed by atoms with Crippen LogP contribution in [0, 0.1) is 6.92 Å². The highest BCUT2D eigenvalue weighted by Gasteiger charge is 2.24. The first-order valence-electron chi connectivity index (χ1n) is 12.8. The standard InChI is InChI=1S/C30H32F2N2O2/c1-21-16-24(19-33-18-21)28-5-2-4-23-17-26(36-32)10-11-29(23)30(28)22-6-8-25(9-7-22)35-27-12-15-34(20-27)14-3-13-31/h6-11,16-19,27H,2-5,12-15,20H2,1H3. The second-order valence-electron chi connectivity index (χ2n) is 9.75. The number of likely N-dealkylation sites (tertiary alicyclic amines) is 1. The van der Waals surface area contributed by atoms with Crippen LogP contribution < -0.4 is 9.68 Å². The molecule has 0 amide bonds. The van der Waals surface area contributed by atoms with Gasteiger partial charge < -0.3 is 4.74 Å². The molecule has 0 bridgehead atoms. The maximum atomic E-state index is 12.9. The number of aryl methyl sites for hydroxylation is 2. The SMILES string of the molecule is Cc1cncc(C2=C(c3ccc(OC4CCN(CCCF)C4)cc3)c3ccc(OF)cc3CCC2)c1. The van der Waals surface area contributed by atoms with E-state index in [1.807, 2.05) is 30.6 Å². The number of aromatic nitrogens is 1. The number of hydrogen-bond donors (Lipinski definition) is 0. The van der Waals surface area contributed by atoms with E-state index >= 15 is 0 Å². The zero-order valence-corrected chi connectivity index (χ0v) is 20.7. The number of halogens is 2. The number of pyridine rings is 1. The molecule has 36 heavy (non-hydrogen) atoms. The van der Waals surface area contributed by atoms with E-state index in [0.717, 1.165) is 84.5 Å². The molecule has 1 aromatic heterocycles. The fraction of sp³-hybridized carbons (Fsp3) is 0.367. The van der Waals surface area contributed by atoms with E-state index in [0.29, 0.717) is 6.42 Å². The molecule has 1 aliphatic heterocycles. The topological polar surface area (TPSA) is 34.6 Å². The Balaban J connectivity index is 1.47. The summed E-state index contributed by atoms with van der Waals surface area (Å²) in [5.74, 6) is 1.07. The van der Waals surface area contributed by atoms with E-state index in [4.69, 9.17) is 4.74 Å². The van der Waals surface area contributed by atoms with Gasteiger partial charge in [0.25, 0.3) is 0 Å². The van der Waals surface area contributed by atoms with Gasteiger partial charge in [-0.3, -0.25) is 19.2 Å². The Kier molecular flexibility index (Phi) is 7.61. The molecule has 1 aliphatic carbocycles. The van der Waals surface area contributed by atoms with Crippen molar-refractivity contribution in [1.29, 1.82) is 0 Å². The molecule has 5 rings (SSSR count). The van der Waals surface area contributed by atoms with Crippen molar-refractivity contribution < 1.29 is 18.6 Å². The summed E-state index contributed by atoms with van der Waals surface area (Å²) in [6.07, 6.45) is 8.16. The maximum absolute atomic E-state index is 12.9. The Bertz CT molecular complexity index is 1230. The molecule has 0 N–H and O–H groups in total. The van der Waals surface area contributed by atoms with Crippen molar-refractivity contribution in [3.05, 3.63) is 88.7 Å². The fourth-order valence-corrected chi connectivity index (χ4v) is 5.42. The predicted octanol–water partition coefficient (Wildman–Crippen LogP) is 6.76. The van der Waals surface area contributed by atoms with Gasteiger partial charge in [-0.05, 0) is 108 Å². The number of nitrogens with zero attached hydrogens (tertiary/aromatic N) is 2. The molecule has 2 aliphatic rings. The van der Waals surface area contributed by atoms with Crippen LogP contribution in [-0.2, 0) is 6.42 Å². The summed E-state index contributed by atoms with van der Waals surface area (Å²) in [6, 6.07) is 15.9. The van der Waals surface area contributed by atoms with Crippen LogP contribution in [0.3, 0.4) is 0 Å². The van der Waals surface area contributed by atoms with Crippen molar-refractivity contribution in [1.82, 2.24) is 9.88 Å². The molecule has 1 unspecified atom stereocenters. The Morgan fingerprint density at radius 1 is 1.00 bits per heavy atom. The Morgan fingerprint density at radius 2 is 1.83 bits per heavy atom. The van der Waals surface area contributed by atoms with Gasteiger partial charge in [0, 0.05) is 36.6 Å². The third-order valence-electron chi connectivity index (χ3n) is 7.12. The molecule has 3 aromatic rings. The van der Waals surface area contributed by atoms with Gasteiger partial charge in [0.05, 0.1) is 6.67 Å². The molecule has 6 heteroatoms. The van der Waals surface area contributed by atoms with Crippen LogP contribution in [0.5, 0.6) is 11.5 Å². The largest absolute Gasteiger partial charge is 0.489 e. The summed E-state index contributed by atoms with van der Waals surface area (Å²) < 4.78 is 31.7. The van der Waals surface area contributed by atoms with Crippen LogP contribution in [0.4, 0.5) is 8.92 Å². The molecular weight excluding hydrogens is 458 g/mol. The minimum atomic E-state index is -0.273. The molecule has 0 spiro atoms. The maximum Gasteiger partial charge on any atom is 0.172 e. The highest BCUT2D eigenvalue weighted by atomic mass is 19.3. The van der Waals surface area contributed by atoms with Gasteiger partial charge in [0.2, 0.25) is 0 Å². The van der Waals surface area contributed by atoms with Gasteiger partial charge >= 0.3 is 0 Å². The number of rotatable bonds is 8. The average molecular weight is 491 g/mol. The molecule has 1 saturated heterocycles. The van der Waals surface area contributed by atoms with E-state index in [2.05, 4.69) is 39.9 Å². The highest BCUT2D eigenvalue weighted by Crippen LogP contribution is 2.41. The van der Waals surface area contributed by atoms with Crippen LogP contribution >= 0.6 is 0 Å². The molecule has 0 saturated carbocycles. The molecule has 2 heterocycles. The smallest absolute Gasteiger partial charge is 0.172 e. The van der Waals surface area contributed by atoms with Crippen LogP contribution in [0.1, 0.15) is 53.5 Å². The first-order chi connectivity index (χ1) is 17.6. The Morgan fingerprint density at radius 3 is 2.61 bits per heavy atom. The molecule has 2 aromatic carbocycles. The number of alkyl halides is 1. The molecule has 1 fully saturated rings. The van der Waals surface area contributed by atoms with Crippen molar-refractivity contribution in [2.24, 2.45) is 0 Å². The summed E-state index contributed by atoms with van der Waals surface area (Å²) in [6.45, 7) is 4.36. The first-order valence-corrected chi connectivity index (χ1v) is 12.8. The van der Waals surface area contributed by atoms with Gasteiger partial charge in [0.15, 0.2) is 5.75 Å². The van der Waals surface area contributed by atoms with E-state index < -0.39 is 0 Å². The van der Waals surface area contributed by atoms with Gasteiger partial charge in [-0.25, -0.2) is 0 Å². The predicted molar refractivity (Wildman–Crippen MR) is 139 cm³/mol. The zero-order valence-electron chi connectivity index (χ0n) is 20.7. The second-order valence-corrected chi connectivity index (χ2v) is 9.75. The first kappa shape index (κ1) is 24.4.